The highest BCUT2D eigenvalue weighted by atomic mass is 32.2. The Bertz CT molecular complexity index is 314. The molecule has 0 saturated heterocycles. The Balaban J connectivity index is 3.37. The zero-order valence-electron chi connectivity index (χ0n) is 4.64. The second kappa shape index (κ2) is 2.52. The molecule has 3 N–H and O–H groups in total. The number of aromatic nitrogens is 2. The smallest absolute Gasteiger partial charge is 0.271 e. The second-order valence-corrected chi connectivity index (χ2v) is 2.69. The topological polar surface area (TPSA) is 78.2 Å². The molecule has 10 heavy (non-hydrogen) atoms. The lowest BCUT2D eigenvalue weighted by atomic mass is 10.9. The third-order valence-corrected chi connectivity index (χ3v) is 1.97. The third kappa shape index (κ3) is 1.11. The van der Waals surface area contributed by atoms with E-state index in [1.807, 2.05) is 0 Å². The lowest BCUT2D eigenvalue weighted by Gasteiger charge is -1.92. The first-order chi connectivity index (χ1) is 4.63. The van der Waals surface area contributed by atoms with E-state index in [0.717, 1.165) is 6.20 Å². The molecule has 0 radical (unpaired) electrons. The zero-order chi connectivity index (χ0) is 7.72. The van der Waals surface area contributed by atoms with Gasteiger partial charge in [-0.15, -0.1) is 0 Å². The van der Waals surface area contributed by atoms with Crippen LogP contribution in [0.1, 0.15) is 0 Å². The quantitative estimate of drug-likeness (QED) is 0.427. The first kappa shape index (κ1) is 7.45. The van der Waals surface area contributed by atoms with Gasteiger partial charge >= 0.3 is 0 Å². The number of rotatable bonds is 1. The molecule has 0 saturated carbocycles. The number of nitrogens with zero attached hydrogens (tertiary/aromatic N) is 1. The molecule has 0 spiro atoms. The first-order valence-electron chi connectivity index (χ1n) is 2.23. The number of aromatic amines is 1. The molecule has 0 aliphatic rings. The van der Waals surface area contributed by atoms with E-state index in [-0.39, 0.29) is 10.7 Å². The highest BCUT2D eigenvalue weighted by Crippen LogP contribution is 2.08. The first-order valence-corrected chi connectivity index (χ1v) is 3.71. The van der Waals surface area contributed by atoms with Crippen LogP contribution >= 0.6 is 12.2 Å². The van der Waals surface area contributed by atoms with Crippen LogP contribution in [0, 0.1) is 4.77 Å². The highest BCUT2D eigenvalue weighted by Gasteiger charge is 2.05. The Kier molecular flexibility index (Phi) is 1.88. The van der Waals surface area contributed by atoms with Crippen LogP contribution in [-0.4, -0.2) is 22.8 Å². The van der Waals surface area contributed by atoms with Gasteiger partial charge in [0.25, 0.3) is 11.3 Å². The molecule has 1 unspecified atom stereocenters. The number of H-pyrrole nitrogens is 1. The molecule has 1 heterocycles. The van der Waals surface area contributed by atoms with Crippen molar-refractivity contribution < 1.29 is 13.9 Å². The van der Waals surface area contributed by atoms with E-state index in [4.69, 9.17) is 9.66 Å². The molecule has 0 aliphatic heterocycles. The monoisotopic (exact) mass is 180 g/mol. The average molecular weight is 180 g/mol. The molecule has 1 aromatic heterocycles. The van der Waals surface area contributed by atoms with Gasteiger partial charge in [-0.1, -0.05) is 0 Å². The summed E-state index contributed by atoms with van der Waals surface area (Å²) in [7, 11) is 0. The summed E-state index contributed by atoms with van der Waals surface area (Å²) >= 11 is 2.25. The Morgan fingerprint density at radius 2 is 2.40 bits per heavy atom. The molecule has 1 aromatic rings. The minimum absolute atomic E-state index is 0.0123. The summed E-state index contributed by atoms with van der Waals surface area (Å²) in [5, 5.41) is 8.81. The van der Waals surface area contributed by atoms with E-state index in [0.29, 0.717) is 3.97 Å². The molecule has 1 rings (SSSR count). The number of hydrogen-bond donors (Lipinski definition) is 3. The van der Waals surface area contributed by atoms with Crippen LogP contribution in [0.2, 0.25) is 0 Å². The van der Waals surface area contributed by atoms with E-state index < -0.39 is 11.3 Å². The predicted octanol–water partition coefficient (Wildman–Crippen LogP) is 0.236. The van der Waals surface area contributed by atoms with Gasteiger partial charge in [0.05, 0.1) is 6.20 Å². The Labute approximate surface area is 63.7 Å². The van der Waals surface area contributed by atoms with Crippen LogP contribution in [-0.2, 0) is 11.3 Å². The van der Waals surface area contributed by atoms with Crippen LogP contribution in [0.4, 0.5) is 0 Å². The summed E-state index contributed by atoms with van der Waals surface area (Å²) in [6.45, 7) is 0. The summed E-state index contributed by atoms with van der Waals surface area (Å²) < 4.78 is 19.5. The van der Waals surface area contributed by atoms with Crippen molar-refractivity contribution in [2.75, 3.05) is 0 Å². The van der Waals surface area contributed by atoms with Gasteiger partial charge in [0, 0.05) is 0 Å². The van der Waals surface area contributed by atoms with Crippen molar-refractivity contribution in [3.8, 4) is 5.88 Å². The predicted molar refractivity (Wildman–Crippen MR) is 37.5 cm³/mol. The molecule has 7 heteroatoms. The summed E-state index contributed by atoms with van der Waals surface area (Å²) in [5.41, 5.74) is 0. The second-order valence-electron chi connectivity index (χ2n) is 1.48. The van der Waals surface area contributed by atoms with Gasteiger partial charge in [0.15, 0.2) is 4.77 Å². The normalized spacial score (nSPS) is 13.3. The molecular weight excluding hydrogens is 176 g/mol. The fourth-order valence-corrected chi connectivity index (χ4v) is 1.25. The molecule has 56 valence electrons. The molecule has 0 amide bonds. The molecular formula is C3H4N2O3S2. The molecule has 1 atom stereocenters. The molecule has 0 aliphatic carbocycles. The molecule has 0 fully saturated rings. The average Bonchev–Trinajstić information content (AvgIpc) is 2.11. The van der Waals surface area contributed by atoms with Crippen LogP contribution in [0.15, 0.2) is 6.20 Å². The van der Waals surface area contributed by atoms with Gasteiger partial charge < -0.3 is 10.1 Å². The third-order valence-electron chi connectivity index (χ3n) is 0.873. The largest absolute Gasteiger partial charge is 0.493 e. The zero-order valence-corrected chi connectivity index (χ0v) is 6.28. The fraction of sp³-hybridized carbons (Fsp3) is 0. The number of nitrogens with one attached hydrogen (secondary N) is 1. The number of hydrogen-bond acceptors (Lipinski definition) is 3. The standard InChI is InChI=1S/C3H4N2O3S2/c6-2-1-4-3(9)5(2)10(7)8/h1,6H,(H,4,9)(H,7,8). The lowest BCUT2D eigenvalue weighted by molar-refractivity contribution is 0.441. The van der Waals surface area contributed by atoms with Crippen LogP contribution < -0.4 is 0 Å². The Morgan fingerprint density at radius 1 is 1.80 bits per heavy atom. The van der Waals surface area contributed by atoms with E-state index in [9.17, 15) is 4.21 Å². The number of imidazole rings is 1. The molecule has 0 bridgehead atoms. The Morgan fingerprint density at radius 3 is 2.60 bits per heavy atom. The summed E-state index contributed by atoms with van der Waals surface area (Å²) in [4.78, 5) is 2.39. The van der Waals surface area contributed by atoms with Crippen LogP contribution in [0.25, 0.3) is 0 Å². The van der Waals surface area contributed by atoms with Crippen molar-refractivity contribution in [2.24, 2.45) is 0 Å². The van der Waals surface area contributed by atoms with E-state index in [1.54, 1.807) is 0 Å². The summed E-state index contributed by atoms with van der Waals surface area (Å²) in [6, 6.07) is 0. The fourth-order valence-electron chi connectivity index (χ4n) is 0.499. The van der Waals surface area contributed by atoms with Gasteiger partial charge in [0.2, 0.25) is 5.88 Å². The van der Waals surface area contributed by atoms with Crippen molar-refractivity contribution in [3.05, 3.63) is 11.0 Å². The van der Waals surface area contributed by atoms with Gasteiger partial charge in [0.1, 0.15) is 0 Å². The van der Waals surface area contributed by atoms with Crippen molar-refractivity contribution in [1.82, 2.24) is 8.96 Å². The summed E-state index contributed by atoms with van der Waals surface area (Å²) in [6.07, 6.45) is 1.14. The van der Waals surface area contributed by atoms with Crippen molar-refractivity contribution in [3.63, 3.8) is 0 Å². The summed E-state index contributed by atoms with van der Waals surface area (Å²) in [5.74, 6) is -0.356. The van der Waals surface area contributed by atoms with Crippen LogP contribution in [0.3, 0.4) is 0 Å². The van der Waals surface area contributed by atoms with Gasteiger partial charge in [-0.3, -0.25) is 4.55 Å². The minimum atomic E-state index is -2.29. The lowest BCUT2D eigenvalue weighted by Crippen LogP contribution is -2.01. The van der Waals surface area contributed by atoms with E-state index in [1.165, 1.54) is 0 Å². The number of aromatic hydroxyl groups is 1. The highest BCUT2D eigenvalue weighted by molar-refractivity contribution is 7.78. The van der Waals surface area contributed by atoms with Crippen LogP contribution in [0.5, 0.6) is 5.88 Å². The van der Waals surface area contributed by atoms with Gasteiger partial charge in [-0.25, -0.2) is 4.21 Å². The maximum atomic E-state index is 10.3. The van der Waals surface area contributed by atoms with Gasteiger partial charge in [-0.2, -0.15) is 3.97 Å². The molecule has 0 aromatic carbocycles. The maximum absolute atomic E-state index is 10.3. The van der Waals surface area contributed by atoms with Gasteiger partial charge in [-0.05, 0) is 12.2 Å². The Hall–Kier alpha value is -0.660. The SMILES string of the molecule is O=S(O)n1c(O)c[nH]c1=S. The minimum Gasteiger partial charge on any atom is -0.493 e. The van der Waals surface area contributed by atoms with Crippen molar-refractivity contribution in [2.45, 2.75) is 0 Å². The van der Waals surface area contributed by atoms with Crippen molar-refractivity contribution in [1.29, 1.82) is 0 Å². The molecule has 5 nitrogen and oxygen atoms in total. The van der Waals surface area contributed by atoms with E-state index in [2.05, 4.69) is 17.2 Å². The maximum Gasteiger partial charge on any atom is 0.271 e. The van der Waals surface area contributed by atoms with Crippen molar-refractivity contribution >= 4 is 23.5 Å². The van der Waals surface area contributed by atoms with E-state index >= 15 is 0 Å².